The molecule has 0 saturated carbocycles. The van der Waals surface area contributed by atoms with Gasteiger partial charge in [-0.25, -0.2) is 33.6 Å². The number of hydrogen-bond acceptors (Lipinski definition) is 18. The van der Waals surface area contributed by atoms with Crippen molar-refractivity contribution in [2.75, 3.05) is 48.1 Å². The Morgan fingerprint density at radius 2 is 0.963 bits per heavy atom. The standard InChI is InChI=1S/C59H68N4O18/c1-57(2,3)79-54(68)60-23-14-17-35(60)50(64)75-38-21-20-31(27-40(38)71-10)44-45-34-29-41(72-11)42(77-51(65)36-18-15-24-61(36)55(69)80-58(4,5)6)30-39(34)76-53(67)47(45)63-26-22-32-33(46(44)63)28-43(73-12)49(74-13)48(32)78-52(66)37-19-16-25-62(37)56(70)81-59(7,8)9/h20-22,26-30,35-37H,14-19,23-25H2,1-13H3/t35-,36-,37-/m0/s1. The summed E-state index contributed by atoms with van der Waals surface area (Å²) in [4.78, 5) is 101. The van der Waals surface area contributed by atoms with Gasteiger partial charge in [0, 0.05) is 59.0 Å². The maximum absolute atomic E-state index is 14.8. The maximum Gasteiger partial charge on any atom is 0.411 e. The SMILES string of the molecule is COc1cc(-c2c3c4cc(OC)c(OC(=O)[C@@H]5CCCN5C(=O)OC(C)(C)C)cc4oc(=O)c3n3ccc4c(OC(=O)[C@@H]5CCCN5C(=O)OC(C)(C)C)c(OC)c(OC)cc4c23)ccc1OC(=O)[C@@H]1CCCN1C(=O)OC(C)(C)C. The minimum absolute atomic E-state index is 0.0171. The van der Waals surface area contributed by atoms with Crippen LogP contribution in [0.25, 0.3) is 49.3 Å². The van der Waals surface area contributed by atoms with Crippen molar-refractivity contribution in [3.8, 4) is 51.4 Å². The Morgan fingerprint density at radius 1 is 0.494 bits per heavy atom. The lowest BCUT2D eigenvalue weighted by molar-refractivity contribution is -0.140. The first kappa shape index (κ1) is 57.3. The zero-order valence-corrected chi connectivity index (χ0v) is 47.9. The van der Waals surface area contributed by atoms with Crippen molar-refractivity contribution in [3.05, 3.63) is 59.1 Å². The molecule has 3 saturated heterocycles. The van der Waals surface area contributed by atoms with E-state index in [1.807, 2.05) is 0 Å². The van der Waals surface area contributed by atoms with Crippen molar-refractivity contribution in [1.29, 1.82) is 0 Å². The lowest BCUT2D eigenvalue weighted by Gasteiger charge is -2.27. The quantitative estimate of drug-likeness (QED) is 0.0507. The smallest absolute Gasteiger partial charge is 0.411 e. The van der Waals surface area contributed by atoms with Gasteiger partial charge >= 0.3 is 41.8 Å². The second-order valence-electron chi connectivity index (χ2n) is 23.0. The highest BCUT2D eigenvalue weighted by molar-refractivity contribution is 6.22. The summed E-state index contributed by atoms with van der Waals surface area (Å²) in [6, 6.07) is 8.13. The number of aromatic nitrogens is 1. The molecule has 6 heterocycles. The number of hydrogen-bond donors (Lipinski definition) is 0. The summed E-state index contributed by atoms with van der Waals surface area (Å²) in [5.41, 5.74) is -2.06. The van der Waals surface area contributed by atoms with Crippen LogP contribution in [-0.2, 0) is 28.6 Å². The predicted molar refractivity (Wildman–Crippen MR) is 295 cm³/mol. The third kappa shape index (κ3) is 11.4. The highest BCUT2D eigenvalue weighted by atomic mass is 16.6. The van der Waals surface area contributed by atoms with Gasteiger partial charge in [-0.3, -0.25) is 14.7 Å². The Hall–Kier alpha value is -8.43. The van der Waals surface area contributed by atoms with Gasteiger partial charge in [-0.2, -0.15) is 0 Å². The molecule has 3 aliphatic rings. The number of esters is 3. The molecule has 3 atom stereocenters. The number of amides is 3. The molecule has 3 aliphatic heterocycles. The molecule has 81 heavy (non-hydrogen) atoms. The molecule has 9 rings (SSSR count). The van der Waals surface area contributed by atoms with Crippen LogP contribution < -0.4 is 38.8 Å². The van der Waals surface area contributed by atoms with E-state index in [1.54, 1.807) is 103 Å². The summed E-state index contributed by atoms with van der Waals surface area (Å²) in [6.07, 6.45) is 2.17. The van der Waals surface area contributed by atoms with Crippen LogP contribution in [0.3, 0.4) is 0 Å². The maximum atomic E-state index is 14.8. The van der Waals surface area contributed by atoms with E-state index in [0.29, 0.717) is 83.3 Å². The average Bonchev–Trinajstić information content (AvgIpc) is 2.11. The van der Waals surface area contributed by atoms with E-state index in [1.165, 1.54) is 55.3 Å². The average molecular weight is 1120 g/mol. The van der Waals surface area contributed by atoms with Gasteiger partial charge in [0.2, 0.25) is 5.75 Å². The van der Waals surface area contributed by atoms with E-state index in [4.69, 9.17) is 51.8 Å². The second kappa shape index (κ2) is 21.9. The van der Waals surface area contributed by atoms with Crippen LogP contribution in [0, 0.1) is 0 Å². The number of fused-ring (bicyclic) bond motifs is 7. The van der Waals surface area contributed by atoms with Crippen molar-refractivity contribution < 1.29 is 80.6 Å². The van der Waals surface area contributed by atoms with Crippen LogP contribution >= 0.6 is 0 Å². The molecule has 3 aromatic heterocycles. The number of methoxy groups -OCH3 is 4. The monoisotopic (exact) mass is 1120 g/mol. The third-order valence-corrected chi connectivity index (χ3v) is 14.0. The van der Waals surface area contributed by atoms with Gasteiger partial charge in [0.15, 0.2) is 34.5 Å². The number of ether oxygens (including phenoxy) is 10. The predicted octanol–water partition coefficient (Wildman–Crippen LogP) is 9.97. The topological polar surface area (TPSA) is 239 Å². The minimum Gasteiger partial charge on any atom is -0.493 e. The Morgan fingerprint density at radius 3 is 1.44 bits per heavy atom. The van der Waals surface area contributed by atoms with E-state index in [2.05, 4.69) is 0 Å². The third-order valence-electron chi connectivity index (χ3n) is 14.0. The number of carbonyl (C=O) groups is 6. The van der Waals surface area contributed by atoms with E-state index in [-0.39, 0.29) is 64.4 Å². The van der Waals surface area contributed by atoms with Crippen LogP contribution in [0.4, 0.5) is 14.4 Å². The Kier molecular flexibility index (Phi) is 15.5. The molecule has 3 aromatic carbocycles. The fourth-order valence-corrected chi connectivity index (χ4v) is 10.6. The molecule has 0 radical (unpaired) electrons. The van der Waals surface area contributed by atoms with Crippen LogP contribution in [0.15, 0.2) is 57.9 Å². The lowest BCUT2D eigenvalue weighted by atomic mass is 9.97. The summed E-state index contributed by atoms with van der Waals surface area (Å²) >= 11 is 0. The second-order valence-corrected chi connectivity index (χ2v) is 23.0. The number of benzene rings is 3. The van der Waals surface area contributed by atoms with Gasteiger partial charge in [0.25, 0.3) is 0 Å². The Bertz CT molecular complexity index is 3580. The van der Waals surface area contributed by atoms with Crippen molar-refractivity contribution in [2.24, 2.45) is 0 Å². The van der Waals surface area contributed by atoms with Gasteiger partial charge in [-0.05, 0) is 137 Å². The molecule has 22 nitrogen and oxygen atoms in total. The number of nitrogens with zero attached hydrogens (tertiary/aromatic N) is 4. The van der Waals surface area contributed by atoms with Gasteiger partial charge < -0.3 is 56.2 Å². The number of likely N-dealkylation sites (tertiary alicyclic amines) is 3. The number of rotatable bonds is 11. The van der Waals surface area contributed by atoms with Crippen molar-refractivity contribution in [3.63, 3.8) is 0 Å². The van der Waals surface area contributed by atoms with Crippen LogP contribution in [0.2, 0.25) is 0 Å². The number of carbonyl (C=O) groups excluding carboxylic acids is 6. The van der Waals surface area contributed by atoms with Gasteiger partial charge in [0.05, 0.1) is 34.0 Å². The lowest BCUT2D eigenvalue weighted by Crippen LogP contribution is -2.44. The molecule has 0 unspecified atom stereocenters. The molecule has 0 N–H and O–H groups in total. The van der Waals surface area contributed by atoms with Gasteiger partial charge in [0.1, 0.15) is 46.0 Å². The van der Waals surface area contributed by atoms with Gasteiger partial charge in [-0.1, -0.05) is 6.07 Å². The molecule has 0 bridgehead atoms. The summed E-state index contributed by atoms with van der Waals surface area (Å²) in [6.45, 7) is 16.4. The minimum atomic E-state index is -1.01. The zero-order chi connectivity index (χ0) is 58.6. The van der Waals surface area contributed by atoms with Crippen LogP contribution in [0.5, 0.6) is 40.2 Å². The van der Waals surface area contributed by atoms with E-state index >= 15 is 0 Å². The molecule has 0 spiro atoms. The summed E-state index contributed by atoms with van der Waals surface area (Å²) < 4.78 is 66.5. The van der Waals surface area contributed by atoms with E-state index in [9.17, 15) is 33.6 Å². The molecular formula is C59H68N4O18. The van der Waals surface area contributed by atoms with Gasteiger partial charge in [-0.15, -0.1) is 0 Å². The first-order valence-corrected chi connectivity index (χ1v) is 26.8. The van der Waals surface area contributed by atoms with Crippen LogP contribution in [0.1, 0.15) is 101 Å². The normalized spacial score (nSPS) is 17.6. The van der Waals surface area contributed by atoms with Crippen LogP contribution in [-0.4, -0.2) is 138 Å². The van der Waals surface area contributed by atoms with Crippen molar-refractivity contribution in [1.82, 2.24) is 19.1 Å². The molecule has 6 aromatic rings. The Balaban J connectivity index is 1.23. The first-order chi connectivity index (χ1) is 38.2. The summed E-state index contributed by atoms with van der Waals surface area (Å²) in [7, 11) is 5.58. The molecular weight excluding hydrogens is 1050 g/mol. The number of pyridine rings is 1. The Labute approximate surface area is 466 Å². The van der Waals surface area contributed by atoms with Crippen molar-refractivity contribution >= 4 is 74.3 Å². The fourth-order valence-electron chi connectivity index (χ4n) is 10.6. The zero-order valence-electron chi connectivity index (χ0n) is 47.9. The van der Waals surface area contributed by atoms with E-state index < -0.39 is 76.7 Å². The highest BCUT2D eigenvalue weighted by Gasteiger charge is 2.42. The molecule has 3 amide bonds. The molecule has 0 aliphatic carbocycles. The molecule has 3 fully saturated rings. The fraction of sp³-hybridized carbons (Fsp3) is 0.475. The van der Waals surface area contributed by atoms with E-state index in [0.717, 1.165) is 0 Å². The highest BCUT2D eigenvalue weighted by Crippen LogP contribution is 2.50. The molecule has 432 valence electrons. The summed E-state index contributed by atoms with van der Waals surface area (Å²) in [5, 5.41) is 1.34. The first-order valence-electron chi connectivity index (χ1n) is 26.8. The largest absolute Gasteiger partial charge is 0.493 e. The van der Waals surface area contributed by atoms with Crippen molar-refractivity contribution in [2.45, 2.75) is 136 Å². The summed E-state index contributed by atoms with van der Waals surface area (Å²) in [5.74, 6) is -1.97. The molecule has 22 heteroatoms.